The minimum Gasteiger partial charge on any atom is -0.480 e. The number of amides is 2. The molecule has 18 heavy (non-hydrogen) atoms. The molecule has 2 atom stereocenters. The first-order valence-electron chi connectivity index (χ1n) is 6.08. The van der Waals surface area contributed by atoms with Crippen LogP contribution in [0.25, 0.3) is 0 Å². The van der Waals surface area contributed by atoms with Crippen LogP contribution in [0.5, 0.6) is 0 Å². The molecule has 1 fully saturated rings. The SMILES string of the molecule is C=CCN(CCC)C(=O)N1CC(O)C[C@H]1C(=O)O. The fourth-order valence-electron chi connectivity index (χ4n) is 2.13. The lowest BCUT2D eigenvalue weighted by molar-refractivity contribution is -0.141. The molecule has 0 bridgehead atoms. The van der Waals surface area contributed by atoms with E-state index in [4.69, 9.17) is 5.11 Å². The van der Waals surface area contributed by atoms with Crippen molar-refractivity contribution in [3.8, 4) is 0 Å². The van der Waals surface area contributed by atoms with Crippen LogP contribution in [0.2, 0.25) is 0 Å². The second-order valence-electron chi connectivity index (χ2n) is 4.41. The van der Waals surface area contributed by atoms with Crippen LogP contribution >= 0.6 is 0 Å². The van der Waals surface area contributed by atoms with Crippen LogP contribution in [0.3, 0.4) is 0 Å². The van der Waals surface area contributed by atoms with Gasteiger partial charge in [0.2, 0.25) is 0 Å². The number of likely N-dealkylation sites (tertiary alicyclic amines) is 1. The van der Waals surface area contributed by atoms with E-state index in [0.29, 0.717) is 13.1 Å². The average Bonchev–Trinajstić information content (AvgIpc) is 2.70. The summed E-state index contributed by atoms with van der Waals surface area (Å²) in [6.45, 7) is 6.53. The number of nitrogens with zero attached hydrogens (tertiary/aromatic N) is 2. The average molecular weight is 256 g/mol. The molecule has 1 rings (SSSR count). The van der Waals surface area contributed by atoms with E-state index < -0.39 is 18.1 Å². The number of carboxylic acids is 1. The maximum atomic E-state index is 12.2. The van der Waals surface area contributed by atoms with Crippen molar-refractivity contribution in [1.82, 2.24) is 9.80 Å². The largest absolute Gasteiger partial charge is 0.480 e. The Hall–Kier alpha value is -1.56. The van der Waals surface area contributed by atoms with E-state index >= 15 is 0 Å². The highest BCUT2D eigenvalue weighted by atomic mass is 16.4. The van der Waals surface area contributed by atoms with Gasteiger partial charge in [0, 0.05) is 26.1 Å². The summed E-state index contributed by atoms with van der Waals surface area (Å²) in [6, 6.07) is -1.28. The summed E-state index contributed by atoms with van der Waals surface area (Å²) in [4.78, 5) is 26.0. The van der Waals surface area contributed by atoms with E-state index in [1.807, 2.05) is 6.92 Å². The Kier molecular flexibility index (Phi) is 5.15. The molecule has 0 spiro atoms. The number of urea groups is 1. The van der Waals surface area contributed by atoms with E-state index in [1.165, 1.54) is 4.90 Å². The van der Waals surface area contributed by atoms with Gasteiger partial charge in [0.15, 0.2) is 0 Å². The minimum absolute atomic E-state index is 0.0765. The number of aliphatic hydroxyl groups excluding tert-OH is 1. The van der Waals surface area contributed by atoms with Gasteiger partial charge in [0.1, 0.15) is 6.04 Å². The molecule has 0 aromatic rings. The molecule has 1 aliphatic heterocycles. The fourth-order valence-corrected chi connectivity index (χ4v) is 2.13. The molecule has 102 valence electrons. The maximum Gasteiger partial charge on any atom is 0.326 e. The van der Waals surface area contributed by atoms with Crippen molar-refractivity contribution in [2.75, 3.05) is 19.6 Å². The Labute approximate surface area is 106 Å². The summed E-state index contributed by atoms with van der Waals surface area (Å²) < 4.78 is 0. The summed E-state index contributed by atoms with van der Waals surface area (Å²) in [5.74, 6) is -1.07. The molecule has 1 heterocycles. The van der Waals surface area contributed by atoms with E-state index in [-0.39, 0.29) is 19.0 Å². The fraction of sp³-hybridized carbons (Fsp3) is 0.667. The Bertz CT molecular complexity index is 332. The van der Waals surface area contributed by atoms with Crippen LogP contribution in [0.4, 0.5) is 4.79 Å². The molecular formula is C12H20N2O4. The minimum atomic E-state index is -1.07. The number of carbonyl (C=O) groups excluding carboxylic acids is 1. The normalized spacial score (nSPS) is 22.9. The van der Waals surface area contributed by atoms with Crippen molar-refractivity contribution in [1.29, 1.82) is 0 Å². The maximum absolute atomic E-state index is 12.2. The highest BCUT2D eigenvalue weighted by Gasteiger charge is 2.40. The van der Waals surface area contributed by atoms with Gasteiger partial charge in [-0.05, 0) is 6.42 Å². The summed E-state index contributed by atoms with van der Waals surface area (Å²) in [5, 5.41) is 18.6. The topological polar surface area (TPSA) is 81.1 Å². The van der Waals surface area contributed by atoms with E-state index in [0.717, 1.165) is 6.42 Å². The first-order chi connectivity index (χ1) is 8.51. The van der Waals surface area contributed by atoms with E-state index in [2.05, 4.69) is 6.58 Å². The molecule has 1 saturated heterocycles. The Morgan fingerprint density at radius 1 is 1.56 bits per heavy atom. The lowest BCUT2D eigenvalue weighted by atomic mass is 10.2. The standard InChI is InChI=1S/C12H20N2O4/c1-3-5-13(6-4-2)12(18)14-8-9(15)7-10(14)11(16)17/h3,9-10,15H,1,4-8H2,2H3,(H,16,17)/t9?,10-/m0/s1. The van der Waals surface area contributed by atoms with Crippen molar-refractivity contribution in [2.24, 2.45) is 0 Å². The molecule has 1 aliphatic rings. The first-order valence-corrected chi connectivity index (χ1v) is 6.08. The number of carbonyl (C=O) groups is 2. The van der Waals surface area contributed by atoms with Crippen LogP contribution in [0, 0.1) is 0 Å². The third kappa shape index (κ3) is 3.22. The van der Waals surface area contributed by atoms with Gasteiger partial charge >= 0.3 is 12.0 Å². The number of hydrogen-bond acceptors (Lipinski definition) is 3. The first kappa shape index (κ1) is 14.5. The molecule has 0 aliphatic carbocycles. The van der Waals surface area contributed by atoms with Crippen LogP contribution in [0.1, 0.15) is 19.8 Å². The second-order valence-corrected chi connectivity index (χ2v) is 4.41. The van der Waals surface area contributed by atoms with Crippen LogP contribution in [0.15, 0.2) is 12.7 Å². The zero-order chi connectivity index (χ0) is 13.7. The van der Waals surface area contributed by atoms with E-state index in [9.17, 15) is 14.7 Å². The molecular weight excluding hydrogens is 236 g/mol. The van der Waals surface area contributed by atoms with Crippen LogP contribution in [-0.4, -0.2) is 63.8 Å². The van der Waals surface area contributed by atoms with Gasteiger partial charge in [0.25, 0.3) is 0 Å². The molecule has 2 N–H and O–H groups in total. The van der Waals surface area contributed by atoms with Gasteiger partial charge < -0.3 is 20.0 Å². The molecule has 0 radical (unpaired) electrons. The Balaban J connectivity index is 2.79. The summed E-state index contributed by atoms with van der Waals surface area (Å²) in [7, 11) is 0. The molecule has 2 amide bonds. The second kappa shape index (κ2) is 6.39. The lowest BCUT2D eigenvalue weighted by Crippen LogP contribution is -2.48. The number of β-amino-alcohol motifs (C(OH)–C–C–N with tert-alkyl or cyclic N) is 1. The molecule has 0 aromatic heterocycles. The van der Waals surface area contributed by atoms with Crippen molar-refractivity contribution in [2.45, 2.75) is 31.9 Å². The zero-order valence-corrected chi connectivity index (χ0v) is 10.6. The van der Waals surface area contributed by atoms with Gasteiger partial charge in [-0.15, -0.1) is 6.58 Å². The predicted molar refractivity (Wildman–Crippen MR) is 66.2 cm³/mol. The van der Waals surface area contributed by atoms with E-state index in [1.54, 1.807) is 11.0 Å². The smallest absolute Gasteiger partial charge is 0.326 e. The van der Waals surface area contributed by atoms with Crippen molar-refractivity contribution in [3.63, 3.8) is 0 Å². The van der Waals surface area contributed by atoms with Gasteiger partial charge in [-0.3, -0.25) is 0 Å². The molecule has 6 nitrogen and oxygen atoms in total. The highest BCUT2D eigenvalue weighted by Crippen LogP contribution is 2.20. The van der Waals surface area contributed by atoms with Crippen LogP contribution in [-0.2, 0) is 4.79 Å². The number of hydrogen-bond donors (Lipinski definition) is 2. The third-order valence-corrected chi connectivity index (χ3v) is 2.92. The zero-order valence-electron chi connectivity index (χ0n) is 10.6. The molecule has 1 unspecified atom stereocenters. The van der Waals surface area contributed by atoms with Crippen molar-refractivity contribution < 1.29 is 19.8 Å². The van der Waals surface area contributed by atoms with Gasteiger partial charge in [-0.2, -0.15) is 0 Å². The highest BCUT2D eigenvalue weighted by molar-refractivity contribution is 5.83. The quantitative estimate of drug-likeness (QED) is 0.703. The molecule has 0 aromatic carbocycles. The summed E-state index contributed by atoms with van der Waals surface area (Å²) in [6.07, 6.45) is 1.72. The van der Waals surface area contributed by atoms with Crippen molar-refractivity contribution in [3.05, 3.63) is 12.7 Å². The Morgan fingerprint density at radius 2 is 2.22 bits per heavy atom. The van der Waals surface area contributed by atoms with Gasteiger partial charge in [0.05, 0.1) is 6.10 Å². The van der Waals surface area contributed by atoms with Gasteiger partial charge in [-0.25, -0.2) is 9.59 Å². The van der Waals surface area contributed by atoms with Crippen LogP contribution < -0.4 is 0 Å². The van der Waals surface area contributed by atoms with Gasteiger partial charge in [-0.1, -0.05) is 13.0 Å². The monoisotopic (exact) mass is 256 g/mol. The molecule has 0 saturated carbocycles. The summed E-state index contributed by atoms with van der Waals surface area (Å²) in [5.41, 5.74) is 0. The van der Waals surface area contributed by atoms with Crippen molar-refractivity contribution >= 4 is 12.0 Å². The molecule has 6 heteroatoms. The number of aliphatic carboxylic acids is 1. The third-order valence-electron chi connectivity index (χ3n) is 2.92. The lowest BCUT2D eigenvalue weighted by Gasteiger charge is -2.29. The predicted octanol–water partition coefficient (Wildman–Crippen LogP) is 0.524. The Morgan fingerprint density at radius 3 is 2.72 bits per heavy atom. The number of carboxylic acid groups (broad SMARTS) is 1. The number of rotatable bonds is 5. The number of aliphatic hydroxyl groups is 1. The summed E-state index contributed by atoms with van der Waals surface area (Å²) >= 11 is 0.